The van der Waals surface area contributed by atoms with E-state index in [2.05, 4.69) is 13.8 Å². The van der Waals surface area contributed by atoms with Crippen molar-refractivity contribution in [3.8, 4) is 0 Å². The molecule has 2 atom stereocenters. The smallest absolute Gasteiger partial charge is 0.233 e. The lowest BCUT2D eigenvalue weighted by molar-refractivity contribution is -0.141. The Hall–Kier alpha value is -1.19. The second-order valence-electron chi connectivity index (χ2n) is 9.47. The number of rotatable bonds is 11. The van der Waals surface area contributed by atoms with Crippen molar-refractivity contribution in [2.45, 2.75) is 98.3 Å². The number of nitrogens with zero attached hydrogens (tertiary/aromatic N) is 1. The summed E-state index contributed by atoms with van der Waals surface area (Å²) in [7, 11) is 0. The molecule has 2 unspecified atom stereocenters. The van der Waals surface area contributed by atoms with Crippen molar-refractivity contribution in [2.75, 3.05) is 6.54 Å². The SMILES string of the molecule is CCCCCCC(CC)C(=O)C1CCC(CN2C(=O)CC(C(C)C)C2=O)CC1. The van der Waals surface area contributed by atoms with E-state index in [1.165, 1.54) is 30.6 Å². The topological polar surface area (TPSA) is 54.5 Å². The number of carbonyl (C=O) groups excluding carboxylic acids is 3. The van der Waals surface area contributed by atoms with E-state index in [9.17, 15) is 14.4 Å². The van der Waals surface area contributed by atoms with Gasteiger partial charge in [0.1, 0.15) is 5.78 Å². The zero-order chi connectivity index (χ0) is 20.7. The maximum Gasteiger partial charge on any atom is 0.233 e. The Labute approximate surface area is 171 Å². The second kappa shape index (κ2) is 11.1. The highest BCUT2D eigenvalue weighted by Crippen LogP contribution is 2.35. The summed E-state index contributed by atoms with van der Waals surface area (Å²) in [4.78, 5) is 39.3. The van der Waals surface area contributed by atoms with Gasteiger partial charge in [0, 0.05) is 30.7 Å². The van der Waals surface area contributed by atoms with E-state index in [4.69, 9.17) is 0 Å². The monoisotopic (exact) mass is 391 g/mol. The normalized spacial score (nSPS) is 26.9. The first-order valence-electron chi connectivity index (χ1n) is 11.8. The van der Waals surface area contributed by atoms with Gasteiger partial charge in [0.15, 0.2) is 0 Å². The van der Waals surface area contributed by atoms with E-state index in [1.807, 2.05) is 13.8 Å². The van der Waals surface area contributed by atoms with Gasteiger partial charge in [0.25, 0.3) is 0 Å². The van der Waals surface area contributed by atoms with Gasteiger partial charge < -0.3 is 0 Å². The number of amides is 2. The Morgan fingerprint density at radius 1 is 1.04 bits per heavy atom. The molecule has 4 nitrogen and oxygen atoms in total. The molecule has 28 heavy (non-hydrogen) atoms. The van der Waals surface area contributed by atoms with Crippen molar-refractivity contribution in [1.82, 2.24) is 4.90 Å². The van der Waals surface area contributed by atoms with Crippen molar-refractivity contribution < 1.29 is 14.4 Å². The van der Waals surface area contributed by atoms with E-state index in [1.54, 1.807) is 0 Å². The molecule has 1 heterocycles. The lowest BCUT2D eigenvalue weighted by Gasteiger charge is -2.31. The molecule has 1 aliphatic heterocycles. The van der Waals surface area contributed by atoms with Crippen molar-refractivity contribution in [2.24, 2.45) is 29.6 Å². The molecule has 2 aliphatic rings. The number of hydrogen-bond donors (Lipinski definition) is 0. The molecule has 4 heteroatoms. The van der Waals surface area contributed by atoms with E-state index < -0.39 is 0 Å². The second-order valence-corrected chi connectivity index (χ2v) is 9.47. The first kappa shape index (κ1) is 23.1. The van der Waals surface area contributed by atoms with Crippen LogP contribution in [-0.2, 0) is 14.4 Å². The zero-order valence-corrected chi connectivity index (χ0v) is 18.5. The molecule has 0 spiro atoms. The average Bonchev–Trinajstić information content (AvgIpc) is 2.97. The highest BCUT2D eigenvalue weighted by atomic mass is 16.2. The molecule has 2 rings (SSSR count). The fourth-order valence-corrected chi connectivity index (χ4v) is 5.01. The summed E-state index contributed by atoms with van der Waals surface area (Å²) in [5.74, 6) is 1.38. The van der Waals surface area contributed by atoms with Gasteiger partial charge >= 0.3 is 0 Å². The summed E-state index contributed by atoms with van der Waals surface area (Å²) in [6.07, 6.45) is 11.1. The highest BCUT2D eigenvalue weighted by molar-refractivity contribution is 6.03. The van der Waals surface area contributed by atoms with Crippen molar-refractivity contribution in [3.05, 3.63) is 0 Å². The number of ketones is 1. The number of carbonyl (C=O) groups is 3. The minimum absolute atomic E-state index is 0.0000242. The van der Waals surface area contributed by atoms with Crippen LogP contribution in [0.1, 0.15) is 98.3 Å². The standard InChI is InChI=1S/C24H41NO3/c1-5-7-8-9-10-19(6-2)23(27)20-13-11-18(12-14-20)16-25-22(26)15-21(17(3)4)24(25)28/h17-21H,5-16H2,1-4H3. The van der Waals surface area contributed by atoms with Crippen LogP contribution in [0.15, 0.2) is 0 Å². The maximum atomic E-state index is 12.9. The minimum Gasteiger partial charge on any atom is -0.299 e. The van der Waals surface area contributed by atoms with Crippen LogP contribution in [0.2, 0.25) is 0 Å². The predicted molar refractivity (Wildman–Crippen MR) is 113 cm³/mol. The summed E-state index contributed by atoms with van der Waals surface area (Å²) in [5.41, 5.74) is 0. The van der Waals surface area contributed by atoms with Crippen LogP contribution < -0.4 is 0 Å². The van der Waals surface area contributed by atoms with Crippen LogP contribution in [0.25, 0.3) is 0 Å². The van der Waals surface area contributed by atoms with Crippen LogP contribution >= 0.6 is 0 Å². The third kappa shape index (κ3) is 5.90. The Morgan fingerprint density at radius 2 is 1.71 bits per heavy atom. The Kier molecular flexibility index (Phi) is 9.17. The molecule has 2 amide bonds. The third-order valence-corrected chi connectivity index (χ3v) is 7.07. The number of likely N-dealkylation sites (tertiary alicyclic amines) is 1. The van der Waals surface area contributed by atoms with Crippen molar-refractivity contribution >= 4 is 17.6 Å². The molecule has 0 N–H and O–H groups in total. The van der Waals surface area contributed by atoms with E-state index >= 15 is 0 Å². The van der Waals surface area contributed by atoms with Gasteiger partial charge in [-0.2, -0.15) is 0 Å². The van der Waals surface area contributed by atoms with Crippen LogP contribution in [0.5, 0.6) is 0 Å². The summed E-state index contributed by atoms with van der Waals surface area (Å²) < 4.78 is 0. The fourth-order valence-electron chi connectivity index (χ4n) is 5.01. The van der Waals surface area contributed by atoms with Crippen molar-refractivity contribution in [1.29, 1.82) is 0 Å². The molecule has 2 fully saturated rings. The van der Waals surface area contributed by atoms with Crippen LogP contribution in [0, 0.1) is 29.6 Å². The number of Topliss-reactive ketones (excluding diaryl/α,β-unsaturated/α-hetero) is 1. The van der Waals surface area contributed by atoms with Gasteiger partial charge in [-0.05, 0) is 50.4 Å². The number of unbranched alkanes of at least 4 members (excludes halogenated alkanes) is 3. The van der Waals surface area contributed by atoms with Crippen LogP contribution in [0.4, 0.5) is 0 Å². The van der Waals surface area contributed by atoms with Gasteiger partial charge in [-0.25, -0.2) is 0 Å². The van der Waals surface area contributed by atoms with Gasteiger partial charge in [-0.15, -0.1) is 0 Å². The van der Waals surface area contributed by atoms with E-state index in [0.717, 1.165) is 38.5 Å². The lowest BCUT2D eigenvalue weighted by Crippen LogP contribution is -2.38. The molecule has 0 bridgehead atoms. The van der Waals surface area contributed by atoms with Gasteiger partial charge in [-0.3, -0.25) is 19.3 Å². The number of hydrogen-bond acceptors (Lipinski definition) is 3. The fraction of sp³-hybridized carbons (Fsp3) is 0.875. The van der Waals surface area contributed by atoms with E-state index in [-0.39, 0.29) is 35.5 Å². The maximum absolute atomic E-state index is 12.9. The first-order chi connectivity index (χ1) is 13.4. The Morgan fingerprint density at radius 3 is 2.25 bits per heavy atom. The molecular weight excluding hydrogens is 350 g/mol. The predicted octanol–water partition coefficient (Wildman–Crippen LogP) is 5.39. The quantitative estimate of drug-likeness (QED) is 0.350. The van der Waals surface area contributed by atoms with Crippen LogP contribution in [0.3, 0.4) is 0 Å². The molecule has 1 saturated carbocycles. The number of imide groups is 1. The Bertz CT molecular complexity index is 534. The summed E-state index contributed by atoms with van der Waals surface area (Å²) in [5, 5.41) is 0. The molecular formula is C24H41NO3. The molecule has 0 radical (unpaired) electrons. The molecule has 0 aromatic heterocycles. The Balaban J connectivity index is 1.79. The largest absolute Gasteiger partial charge is 0.299 e. The average molecular weight is 392 g/mol. The zero-order valence-electron chi connectivity index (χ0n) is 18.5. The van der Waals surface area contributed by atoms with Gasteiger partial charge in [0.05, 0.1) is 0 Å². The van der Waals surface area contributed by atoms with E-state index in [0.29, 0.717) is 24.7 Å². The first-order valence-corrected chi connectivity index (χ1v) is 11.8. The van der Waals surface area contributed by atoms with Gasteiger partial charge in [-0.1, -0.05) is 53.4 Å². The summed E-state index contributed by atoms with van der Waals surface area (Å²) >= 11 is 0. The van der Waals surface area contributed by atoms with Crippen molar-refractivity contribution in [3.63, 3.8) is 0 Å². The van der Waals surface area contributed by atoms with Gasteiger partial charge in [0.2, 0.25) is 11.8 Å². The molecule has 0 aromatic rings. The lowest BCUT2D eigenvalue weighted by atomic mass is 9.75. The third-order valence-electron chi connectivity index (χ3n) is 7.07. The molecule has 1 aliphatic carbocycles. The molecule has 1 saturated heterocycles. The summed E-state index contributed by atoms with van der Waals surface area (Å²) in [6, 6.07) is 0. The molecule has 160 valence electrons. The summed E-state index contributed by atoms with van der Waals surface area (Å²) in [6.45, 7) is 8.96. The highest BCUT2D eigenvalue weighted by Gasteiger charge is 2.41. The minimum atomic E-state index is -0.136. The van der Waals surface area contributed by atoms with Crippen LogP contribution in [-0.4, -0.2) is 29.0 Å². The molecule has 0 aromatic carbocycles.